The van der Waals surface area contributed by atoms with E-state index in [0.717, 1.165) is 17.7 Å². The van der Waals surface area contributed by atoms with Crippen molar-refractivity contribution in [2.45, 2.75) is 46.5 Å². The largest absolute Gasteiger partial charge is 0.493 e. The lowest BCUT2D eigenvalue weighted by molar-refractivity contribution is 0.233. The van der Waals surface area contributed by atoms with Crippen molar-refractivity contribution in [2.24, 2.45) is 11.7 Å². The van der Waals surface area contributed by atoms with Crippen LogP contribution in [0.3, 0.4) is 0 Å². The summed E-state index contributed by atoms with van der Waals surface area (Å²) in [6, 6.07) is 5.78. The first-order valence-corrected chi connectivity index (χ1v) is 7.16. The molecule has 0 aliphatic rings. The van der Waals surface area contributed by atoms with Gasteiger partial charge in [0.25, 0.3) is 0 Å². The maximum absolute atomic E-state index is 7.59. The van der Waals surface area contributed by atoms with Gasteiger partial charge in [-0.2, -0.15) is 0 Å². The highest BCUT2D eigenvalue weighted by molar-refractivity contribution is 5.97. The first kappa shape index (κ1) is 15.5. The fraction of sp³-hybridized carbons (Fsp3) is 0.562. The predicted octanol–water partition coefficient (Wildman–Crippen LogP) is 3.87. The number of unbranched alkanes of at least 4 members (excludes halogenated alkanes) is 1. The lowest BCUT2D eigenvalue weighted by Crippen LogP contribution is -2.16. The van der Waals surface area contributed by atoms with Crippen molar-refractivity contribution >= 4 is 5.84 Å². The monoisotopic (exact) mass is 262 g/mol. The minimum Gasteiger partial charge on any atom is -0.493 e. The normalized spacial score (nSPS) is 12.2. The second-order valence-corrected chi connectivity index (χ2v) is 5.14. The number of ether oxygens (including phenoxy) is 1. The maximum atomic E-state index is 7.59. The van der Waals surface area contributed by atoms with Crippen LogP contribution in [0, 0.1) is 18.3 Å². The van der Waals surface area contributed by atoms with Gasteiger partial charge in [-0.05, 0) is 37.0 Å². The van der Waals surface area contributed by atoms with Crippen LogP contribution in [0.25, 0.3) is 0 Å². The van der Waals surface area contributed by atoms with Crippen molar-refractivity contribution in [3.05, 3.63) is 29.3 Å². The Morgan fingerprint density at radius 2 is 2.11 bits per heavy atom. The van der Waals surface area contributed by atoms with Gasteiger partial charge in [0, 0.05) is 0 Å². The van der Waals surface area contributed by atoms with Crippen molar-refractivity contribution in [3.8, 4) is 5.75 Å². The van der Waals surface area contributed by atoms with Crippen LogP contribution in [-0.4, -0.2) is 12.4 Å². The number of aryl methyl sites for hydroxylation is 1. The highest BCUT2D eigenvalue weighted by Gasteiger charge is 2.11. The van der Waals surface area contributed by atoms with Crippen LogP contribution in [0.1, 0.15) is 50.7 Å². The Morgan fingerprint density at radius 3 is 2.68 bits per heavy atom. The van der Waals surface area contributed by atoms with Crippen LogP contribution in [0.4, 0.5) is 0 Å². The third-order valence-corrected chi connectivity index (χ3v) is 3.45. The predicted molar refractivity (Wildman–Crippen MR) is 81.0 cm³/mol. The van der Waals surface area contributed by atoms with Gasteiger partial charge in [0.05, 0.1) is 12.2 Å². The summed E-state index contributed by atoms with van der Waals surface area (Å²) in [5.74, 6) is 1.39. The molecule has 3 N–H and O–H groups in total. The number of rotatable bonds is 8. The molecule has 1 rings (SSSR count). The molecule has 0 aliphatic heterocycles. The van der Waals surface area contributed by atoms with E-state index >= 15 is 0 Å². The Balaban J connectivity index is 2.70. The van der Waals surface area contributed by atoms with Gasteiger partial charge in [0.15, 0.2) is 0 Å². The number of nitrogens with one attached hydrogen (secondary N) is 1. The molecule has 0 fully saturated rings. The van der Waals surface area contributed by atoms with Crippen LogP contribution in [0.15, 0.2) is 18.2 Å². The lowest BCUT2D eigenvalue weighted by atomic mass is 10.0. The summed E-state index contributed by atoms with van der Waals surface area (Å²) in [6.45, 7) is 7.14. The summed E-state index contributed by atoms with van der Waals surface area (Å²) in [6.07, 6.45) is 4.80. The van der Waals surface area contributed by atoms with Gasteiger partial charge in [-0.1, -0.05) is 39.2 Å². The van der Waals surface area contributed by atoms with Gasteiger partial charge in [-0.3, -0.25) is 5.41 Å². The van der Waals surface area contributed by atoms with E-state index in [0.29, 0.717) is 18.1 Å². The van der Waals surface area contributed by atoms with Crippen LogP contribution in [0.2, 0.25) is 0 Å². The van der Waals surface area contributed by atoms with Gasteiger partial charge in [-0.15, -0.1) is 0 Å². The summed E-state index contributed by atoms with van der Waals surface area (Å²) in [5, 5.41) is 7.59. The van der Waals surface area contributed by atoms with Crippen molar-refractivity contribution in [1.29, 1.82) is 5.41 Å². The highest BCUT2D eigenvalue weighted by Crippen LogP contribution is 2.22. The second kappa shape index (κ2) is 7.82. The van der Waals surface area contributed by atoms with E-state index in [2.05, 4.69) is 13.8 Å². The molecule has 106 valence electrons. The molecular weight excluding hydrogens is 236 g/mol. The molecule has 0 bridgehead atoms. The summed E-state index contributed by atoms with van der Waals surface area (Å²) < 4.78 is 5.91. The third kappa shape index (κ3) is 4.93. The molecule has 1 aromatic rings. The van der Waals surface area contributed by atoms with Gasteiger partial charge < -0.3 is 10.5 Å². The molecule has 0 saturated heterocycles. The lowest BCUT2D eigenvalue weighted by Gasteiger charge is -2.17. The molecule has 0 amide bonds. The topological polar surface area (TPSA) is 59.1 Å². The number of hydrogen-bond donors (Lipinski definition) is 2. The average Bonchev–Trinajstić information content (AvgIpc) is 2.38. The molecule has 1 atom stereocenters. The van der Waals surface area contributed by atoms with Gasteiger partial charge in [0.1, 0.15) is 11.6 Å². The first-order chi connectivity index (χ1) is 9.08. The fourth-order valence-electron chi connectivity index (χ4n) is 2.08. The zero-order valence-electron chi connectivity index (χ0n) is 12.3. The SMILES string of the molecule is CCCCC(CC)COc1cc(C)ccc1C(=N)N. The Morgan fingerprint density at radius 1 is 1.37 bits per heavy atom. The summed E-state index contributed by atoms with van der Waals surface area (Å²) >= 11 is 0. The molecule has 0 aromatic heterocycles. The van der Waals surface area contributed by atoms with Crippen molar-refractivity contribution in [3.63, 3.8) is 0 Å². The number of nitrogen functional groups attached to an aromatic ring is 1. The molecule has 3 heteroatoms. The van der Waals surface area contributed by atoms with Crippen molar-refractivity contribution in [2.75, 3.05) is 6.61 Å². The molecule has 3 nitrogen and oxygen atoms in total. The number of amidine groups is 1. The second-order valence-electron chi connectivity index (χ2n) is 5.14. The fourth-order valence-corrected chi connectivity index (χ4v) is 2.08. The minimum absolute atomic E-state index is 0.0663. The van der Waals surface area contributed by atoms with Gasteiger partial charge >= 0.3 is 0 Å². The standard InChI is InChI=1S/C16H26N2O/c1-4-6-7-13(5-2)11-19-15-10-12(3)8-9-14(15)16(17)18/h8-10,13H,4-7,11H2,1-3H3,(H3,17,18). The van der Waals surface area contributed by atoms with Crippen LogP contribution in [0.5, 0.6) is 5.75 Å². The summed E-state index contributed by atoms with van der Waals surface area (Å²) in [7, 11) is 0. The Hall–Kier alpha value is -1.51. The Kier molecular flexibility index (Phi) is 6.40. The van der Waals surface area contributed by atoms with Crippen LogP contribution >= 0.6 is 0 Å². The zero-order valence-corrected chi connectivity index (χ0v) is 12.3. The van der Waals surface area contributed by atoms with Gasteiger partial charge in [0.2, 0.25) is 0 Å². The quantitative estimate of drug-likeness (QED) is 0.552. The Bertz CT molecular complexity index is 415. The van der Waals surface area contributed by atoms with E-state index in [-0.39, 0.29) is 5.84 Å². The number of benzene rings is 1. The summed E-state index contributed by atoms with van der Waals surface area (Å²) in [4.78, 5) is 0. The molecular formula is C16H26N2O. The molecule has 1 unspecified atom stereocenters. The molecule has 1 aromatic carbocycles. The van der Waals surface area contributed by atoms with E-state index in [1.807, 2.05) is 25.1 Å². The zero-order chi connectivity index (χ0) is 14.3. The van der Waals surface area contributed by atoms with Crippen molar-refractivity contribution < 1.29 is 4.74 Å². The molecule has 0 saturated carbocycles. The number of hydrogen-bond acceptors (Lipinski definition) is 2. The first-order valence-electron chi connectivity index (χ1n) is 7.16. The molecule has 0 heterocycles. The van der Waals surface area contributed by atoms with E-state index in [1.54, 1.807) is 0 Å². The molecule has 0 aliphatic carbocycles. The van der Waals surface area contributed by atoms with Gasteiger partial charge in [-0.25, -0.2) is 0 Å². The third-order valence-electron chi connectivity index (χ3n) is 3.45. The average molecular weight is 262 g/mol. The highest BCUT2D eigenvalue weighted by atomic mass is 16.5. The number of nitrogens with two attached hydrogens (primary N) is 1. The van der Waals surface area contributed by atoms with E-state index in [9.17, 15) is 0 Å². The summed E-state index contributed by atoms with van der Waals surface area (Å²) in [5.41, 5.74) is 7.40. The Labute approximate surface area is 116 Å². The minimum atomic E-state index is 0.0663. The van der Waals surface area contributed by atoms with E-state index < -0.39 is 0 Å². The van der Waals surface area contributed by atoms with Crippen LogP contribution < -0.4 is 10.5 Å². The molecule has 0 radical (unpaired) electrons. The molecule has 19 heavy (non-hydrogen) atoms. The smallest absolute Gasteiger partial charge is 0.130 e. The van der Waals surface area contributed by atoms with E-state index in [1.165, 1.54) is 19.3 Å². The molecule has 0 spiro atoms. The maximum Gasteiger partial charge on any atom is 0.130 e. The van der Waals surface area contributed by atoms with Crippen LogP contribution in [-0.2, 0) is 0 Å². The van der Waals surface area contributed by atoms with E-state index in [4.69, 9.17) is 15.9 Å². The van der Waals surface area contributed by atoms with Crippen molar-refractivity contribution in [1.82, 2.24) is 0 Å².